The molecule has 0 radical (unpaired) electrons. The van der Waals surface area contributed by atoms with Gasteiger partial charge in [0.05, 0.1) is 0 Å². The summed E-state index contributed by atoms with van der Waals surface area (Å²) in [4.78, 5) is 9.77. The molecule has 0 spiro atoms. The van der Waals surface area contributed by atoms with E-state index in [1.807, 2.05) is 13.0 Å². The number of nitrogens with zero attached hydrogens (tertiary/aromatic N) is 4. The highest BCUT2D eigenvalue weighted by Gasteiger charge is 2.41. The van der Waals surface area contributed by atoms with Crippen LogP contribution in [0.4, 0.5) is 18.9 Å². The van der Waals surface area contributed by atoms with E-state index in [4.69, 9.17) is 11.6 Å². The zero-order chi connectivity index (χ0) is 19.2. The maximum atomic E-state index is 13.7. The largest absolute Gasteiger partial charge is 0.435 e. The van der Waals surface area contributed by atoms with Crippen LogP contribution in [-0.2, 0) is 6.18 Å². The molecule has 1 aromatic carbocycles. The van der Waals surface area contributed by atoms with Crippen molar-refractivity contribution in [2.45, 2.75) is 19.3 Å². The summed E-state index contributed by atoms with van der Waals surface area (Å²) < 4.78 is 42.5. The fraction of sp³-hybridized carbons (Fsp3) is 0.158. The van der Waals surface area contributed by atoms with Crippen molar-refractivity contribution in [3.05, 3.63) is 76.8 Å². The Morgan fingerprint density at radius 2 is 1.96 bits per heavy atom. The average Bonchev–Trinajstić information content (AvgIpc) is 3.04. The number of halogens is 4. The number of pyridine rings is 1. The van der Waals surface area contributed by atoms with Gasteiger partial charge >= 0.3 is 6.18 Å². The fourth-order valence-electron chi connectivity index (χ4n) is 3.06. The number of fused-ring (bicyclic) bond motifs is 1. The molecular formula is C19H14ClF3N4. The van der Waals surface area contributed by atoms with Crippen LogP contribution in [0, 0.1) is 6.92 Å². The second kappa shape index (κ2) is 6.42. The van der Waals surface area contributed by atoms with Gasteiger partial charge in [-0.25, -0.2) is 4.98 Å². The van der Waals surface area contributed by atoms with E-state index in [0.29, 0.717) is 10.7 Å². The first-order valence-corrected chi connectivity index (χ1v) is 8.52. The van der Waals surface area contributed by atoms with Crippen molar-refractivity contribution in [3.8, 4) is 0 Å². The van der Waals surface area contributed by atoms with Crippen molar-refractivity contribution < 1.29 is 13.2 Å². The van der Waals surface area contributed by atoms with Gasteiger partial charge in [-0.2, -0.15) is 13.2 Å². The van der Waals surface area contributed by atoms with Crippen LogP contribution in [0.15, 0.2) is 59.9 Å². The molecule has 0 saturated heterocycles. The van der Waals surface area contributed by atoms with E-state index in [2.05, 4.69) is 9.98 Å². The number of hydrogen-bond acceptors (Lipinski definition) is 3. The van der Waals surface area contributed by atoms with Crippen LogP contribution < -0.4 is 4.90 Å². The number of aryl methyl sites for hydroxylation is 1. The van der Waals surface area contributed by atoms with Crippen LogP contribution >= 0.6 is 11.6 Å². The molecule has 0 amide bonds. The molecule has 2 aromatic heterocycles. The molecule has 0 aliphatic carbocycles. The Labute approximate surface area is 158 Å². The third-order valence-corrected chi connectivity index (χ3v) is 4.76. The number of allylic oxidation sites excluding steroid dienone is 1. The number of anilines is 1. The summed E-state index contributed by atoms with van der Waals surface area (Å²) in [5, 5.41) is 0.531. The molecule has 0 saturated carbocycles. The first-order chi connectivity index (χ1) is 12.9. The fourth-order valence-corrected chi connectivity index (χ4v) is 3.23. The number of aliphatic imine (C=N–C) groups is 1. The molecule has 4 rings (SSSR count). The minimum atomic E-state index is -4.60. The third-order valence-electron chi connectivity index (χ3n) is 4.36. The van der Waals surface area contributed by atoms with Crippen molar-refractivity contribution in [2.75, 3.05) is 4.90 Å². The molecule has 1 aliphatic rings. The van der Waals surface area contributed by atoms with Crippen LogP contribution in [-0.4, -0.2) is 15.6 Å². The maximum Gasteiger partial charge on any atom is 0.435 e. The number of benzene rings is 1. The maximum absolute atomic E-state index is 13.7. The van der Waals surface area contributed by atoms with Crippen LogP contribution in [0.5, 0.6) is 0 Å². The number of imidazole rings is 1. The lowest BCUT2D eigenvalue weighted by molar-refractivity contribution is -0.141. The lowest BCUT2D eigenvalue weighted by atomic mass is 10.1. The molecule has 1 atom stereocenters. The van der Waals surface area contributed by atoms with Gasteiger partial charge in [-0.1, -0.05) is 23.7 Å². The Kier molecular flexibility index (Phi) is 4.19. The van der Waals surface area contributed by atoms with Gasteiger partial charge in [0, 0.05) is 29.3 Å². The summed E-state index contributed by atoms with van der Waals surface area (Å²) >= 11 is 6.22. The second-order valence-electron chi connectivity index (χ2n) is 6.13. The normalized spacial score (nSPS) is 17.1. The predicted octanol–water partition coefficient (Wildman–Crippen LogP) is 5.42. The zero-order valence-corrected chi connectivity index (χ0v) is 14.9. The number of aromatic nitrogens is 2. The average molecular weight is 391 g/mol. The number of alkyl halides is 3. The summed E-state index contributed by atoms with van der Waals surface area (Å²) in [5.41, 5.74) is 0.742. The van der Waals surface area contributed by atoms with Gasteiger partial charge in [0.25, 0.3) is 0 Å². The van der Waals surface area contributed by atoms with Crippen molar-refractivity contribution in [1.82, 2.24) is 9.38 Å². The minimum absolute atomic E-state index is 0.0459. The Balaban J connectivity index is 1.91. The Morgan fingerprint density at radius 1 is 1.15 bits per heavy atom. The third kappa shape index (κ3) is 3.08. The Hall–Kier alpha value is -2.80. The van der Waals surface area contributed by atoms with Crippen molar-refractivity contribution in [1.29, 1.82) is 0 Å². The second-order valence-corrected chi connectivity index (χ2v) is 6.53. The summed E-state index contributed by atoms with van der Waals surface area (Å²) in [6.07, 6.45) is 0.861. The van der Waals surface area contributed by atoms with Crippen molar-refractivity contribution in [3.63, 3.8) is 0 Å². The first-order valence-electron chi connectivity index (χ1n) is 8.15. The smallest absolute Gasteiger partial charge is 0.320 e. The standard InChI is InChI=1S/C19H14ClF3N4/c1-12-6-7-13(11-14(12)20)26-10-4-8-24-18(26)16-17(19(21,22)23)25-15-5-2-3-9-27(15)16/h2-11,18H,1H3. The zero-order valence-electron chi connectivity index (χ0n) is 14.2. The van der Waals surface area contributed by atoms with Gasteiger partial charge in [-0.15, -0.1) is 0 Å². The van der Waals surface area contributed by atoms with E-state index in [1.54, 1.807) is 47.6 Å². The summed E-state index contributed by atoms with van der Waals surface area (Å²) in [6.45, 7) is 1.86. The highest BCUT2D eigenvalue weighted by Crippen LogP contribution is 2.39. The molecule has 0 N–H and O–H groups in total. The molecular weight excluding hydrogens is 377 g/mol. The van der Waals surface area contributed by atoms with Crippen molar-refractivity contribution >= 4 is 29.2 Å². The topological polar surface area (TPSA) is 32.9 Å². The summed E-state index contributed by atoms with van der Waals surface area (Å²) in [7, 11) is 0. The van der Waals surface area contributed by atoms with E-state index in [0.717, 1.165) is 5.56 Å². The van der Waals surface area contributed by atoms with E-state index < -0.39 is 18.0 Å². The lowest BCUT2D eigenvalue weighted by Gasteiger charge is -2.30. The van der Waals surface area contributed by atoms with Crippen LogP contribution in [0.1, 0.15) is 23.1 Å². The van der Waals surface area contributed by atoms with Gasteiger partial charge in [-0.3, -0.25) is 9.39 Å². The molecule has 3 aromatic rings. The van der Waals surface area contributed by atoms with Gasteiger partial charge in [-0.05, 0) is 42.8 Å². The molecule has 0 bridgehead atoms. The van der Waals surface area contributed by atoms with Gasteiger partial charge < -0.3 is 4.90 Å². The van der Waals surface area contributed by atoms with Crippen LogP contribution in [0.3, 0.4) is 0 Å². The molecule has 1 aliphatic heterocycles. The summed E-state index contributed by atoms with van der Waals surface area (Å²) in [5.74, 6) is 0. The van der Waals surface area contributed by atoms with Gasteiger partial charge in [0.1, 0.15) is 11.3 Å². The van der Waals surface area contributed by atoms with Crippen LogP contribution in [0.2, 0.25) is 5.02 Å². The predicted molar refractivity (Wildman–Crippen MR) is 99.2 cm³/mol. The molecule has 4 nitrogen and oxygen atoms in total. The molecule has 3 heterocycles. The number of hydrogen-bond donors (Lipinski definition) is 0. The van der Waals surface area contributed by atoms with E-state index in [-0.39, 0.29) is 11.3 Å². The SMILES string of the molecule is Cc1ccc(N2C=CC=NC2c2c(C(F)(F)F)nc3ccccn23)cc1Cl. The molecule has 27 heavy (non-hydrogen) atoms. The van der Waals surface area contributed by atoms with Crippen LogP contribution in [0.25, 0.3) is 5.65 Å². The van der Waals surface area contributed by atoms with E-state index in [1.165, 1.54) is 16.7 Å². The van der Waals surface area contributed by atoms with Crippen molar-refractivity contribution in [2.24, 2.45) is 4.99 Å². The Bertz CT molecular complexity index is 1070. The highest BCUT2D eigenvalue weighted by atomic mass is 35.5. The molecule has 1 unspecified atom stereocenters. The first kappa shape index (κ1) is 17.6. The quantitative estimate of drug-likeness (QED) is 0.585. The van der Waals surface area contributed by atoms with Gasteiger partial charge in [0.2, 0.25) is 0 Å². The highest BCUT2D eigenvalue weighted by molar-refractivity contribution is 6.31. The Morgan fingerprint density at radius 3 is 2.70 bits per heavy atom. The monoisotopic (exact) mass is 390 g/mol. The molecule has 138 valence electrons. The van der Waals surface area contributed by atoms with Gasteiger partial charge in [0.15, 0.2) is 11.9 Å². The number of rotatable bonds is 2. The lowest BCUT2D eigenvalue weighted by Crippen LogP contribution is -2.27. The van der Waals surface area contributed by atoms with E-state index in [9.17, 15) is 13.2 Å². The van der Waals surface area contributed by atoms with E-state index >= 15 is 0 Å². The molecule has 8 heteroatoms. The summed E-state index contributed by atoms with van der Waals surface area (Å²) in [6, 6.07) is 10.2. The molecule has 0 fully saturated rings. The minimum Gasteiger partial charge on any atom is -0.320 e.